The highest BCUT2D eigenvalue weighted by Gasteiger charge is 2.29. The number of thiazole rings is 1. The van der Waals surface area contributed by atoms with Crippen molar-refractivity contribution in [2.24, 2.45) is 0 Å². The fraction of sp³-hybridized carbons (Fsp3) is 0.353. The van der Waals surface area contributed by atoms with Crippen LogP contribution in [-0.2, 0) is 16.1 Å². The van der Waals surface area contributed by atoms with Crippen molar-refractivity contribution in [2.75, 3.05) is 13.2 Å². The fourth-order valence-electron chi connectivity index (χ4n) is 2.85. The first-order valence-electron chi connectivity index (χ1n) is 8.11. The minimum atomic E-state index is -0.256. The summed E-state index contributed by atoms with van der Waals surface area (Å²) < 4.78 is 11.5. The fourth-order valence-corrected chi connectivity index (χ4v) is 3.39. The highest BCUT2D eigenvalue weighted by Crippen LogP contribution is 2.16. The van der Waals surface area contributed by atoms with Crippen LogP contribution in [0.3, 0.4) is 0 Å². The van der Waals surface area contributed by atoms with Gasteiger partial charge < -0.3 is 19.8 Å². The van der Waals surface area contributed by atoms with Crippen LogP contribution in [0.1, 0.15) is 22.7 Å². The third-order valence-electron chi connectivity index (χ3n) is 4.14. The van der Waals surface area contributed by atoms with E-state index < -0.39 is 0 Å². The lowest BCUT2D eigenvalue weighted by atomic mass is 10.1. The van der Waals surface area contributed by atoms with Gasteiger partial charge in [0.2, 0.25) is 0 Å². The van der Waals surface area contributed by atoms with Crippen LogP contribution in [0.4, 0.5) is 0 Å². The normalized spacial score (nSPS) is 20.6. The first-order chi connectivity index (χ1) is 12.3. The van der Waals surface area contributed by atoms with Crippen molar-refractivity contribution in [3.8, 4) is 0 Å². The summed E-state index contributed by atoms with van der Waals surface area (Å²) in [4.78, 5) is 24.1. The molecule has 0 saturated carbocycles. The molecule has 1 saturated heterocycles. The van der Waals surface area contributed by atoms with Gasteiger partial charge in [0, 0.05) is 12.0 Å². The molecule has 2 N–H and O–H groups in total. The number of fused-ring (bicyclic) bond motifs is 1. The predicted molar refractivity (Wildman–Crippen MR) is 93.5 cm³/mol. The second-order valence-electron chi connectivity index (χ2n) is 5.88. The Labute approximate surface area is 148 Å². The summed E-state index contributed by atoms with van der Waals surface area (Å²) in [6.07, 6.45) is 0.624. The van der Waals surface area contributed by atoms with Crippen molar-refractivity contribution in [2.45, 2.75) is 25.2 Å². The summed E-state index contributed by atoms with van der Waals surface area (Å²) >= 11 is 1.54. The molecule has 130 valence electrons. The molecule has 8 heteroatoms. The Morgan fingerprint density at radius 1 is 1.44 bits per heavy atom. The van der Waals surface area contributed by atoms with Gasteiger partial charge in [0.25, 0.3) is 5.91 Å². The summed E-state index contributed by atoms with van der Waals surface area (Å²) in [5.41, 5.74) is 4.29. The molecule has 0 bridgehead atoms. The van der Waals surface area contributed by atoms with E-state index in [1.165, 1.54) is 11.3 Å². The highest BCUT2D eigenvalue weighted by molar-refractivity contribution is 7.07. The lowest BCUT2D eigenvalue weighted by Crippen LogP contribution is -2.50. The number of H-pyrrole nitrogens is 1. The van der Waals surface area contributed by atoms with Gasteiger partial charge in [-0.2, -0.15) is 0 Å². The van der Waals surface area contributed by atoms with Gasteiger partial charge in [0.1, 0.15) is 0 Å². The van der Waals surface area contributed by atoms with Crippen molar-refractivity contribution >= 4 is 28.3 Å². The molecule has 3 heterocycles. The summed E-state index contributed by atoms with van der Waals surface area (Å²) in [5.74, 6) is 0.0407. The predicted octanol–water partition coefficient (Wildman–Crippen LogP) is 2.12. The lowest BCUT2D eigenvalue weighted by Gasteiger charge is -2.31. The van der Waals surface area contributed by atoms with Crippen molar-refractivity contribution in [3.05, 3.63) is 46.7 Å². The third kappa shape index (κ3) is 3.71. The number of carbonyl (C=O) groups excluding carboxylic acids is 1. The van der Waals surface area contributed by atoms with Crippen molar-refractivity contribution in [1.82, 2.24) is 20.3 Å². The number of hydrogen-bond acceptors (Lipinski definition) is 6. The van der Waals surface area contributed by atoms with E-state index in [4.69, 9.17) is 9.47 Å². The van der Waals surface area contributed by atoms with Crippen LogP contribution >= 0.6 is 11.3 Å². The Kier molecular flexibility index (Phi) is 4.73. The van der Waals surface area contributed by atoms with E-state index in [9.17, 15) is 4.79 Å². The Morgan fingerprint density at radius 3 is 3.20 bits per heavy atom. The number of amides is 1. The number of benzene rings is 1. The van der Waals surface area contributed by atoms with Gasteiger partial charge >= 0.3 is 0 Å². The standard InChI is InChI=1S/C17H18N4O3S/c22-17(16-19-12-3-1-2-4-13(12)20-16)21-14-8-23-6-5-15(14)24-7-11-9-25-10-18-11/h1-4,9-10,14-15H,5-8H2,(H,19,20)(H,21,22)/t14-,15+/m1/s1. The number of aromatic amines is 1. The maximum absolute atomic E-state index is 12.5. The molecule has 4 rings (SSSR count). The highest BCUT2D eigenvalue weighted by atomic mass is 32.1. The molecular weight excluding hydrogens is 340 g/mol. The molecular formula is C17H18N4O3S. The van der Waals surface area contributed by atoms with E-state index in [1.807, 2.05) is 29.6 Å². The number of para-hydroxylation sites is 2. The Hall–Kier alpha value is -2.29. The van der Waals surface area contributed by atoms with Gasteiger partial charge in [0.05, 0.1) is 47.6 Å². The van der Waals surface area contributed by atoms with Crippen LogP contribution in [0, 0.1) is 0 Å². The molecule has 1 amide bonds. The van der Waals surface area contributed by atoms with Crippen molar-refractivity contribution in [3.63, 3.8) is 0 Å². The number of rotatable bonds is 5. The van der Waals surface area contributed by atoms with Gasteiger partial charge in [-0.15, -0.1) is 11.3 Å². The lowest BCUT2D eigenvalue weighted by molar-refractivity contribution is -0.0612. The maximum atomic E-state index is 12.5. The molecule has 1 aromatic carbocycles. The maximum Gasteiger partial charge on any atom is 0.287 e. The number of nitrogens with zero attached hydrogens (tertiary/aromatic N) is 2. The molecule has 1 aliphatic rings. The minimum Gasteiger partial charge on any atom is -0.379 e. The molecule has 1 fully saturated rings. The number of ether oxygens (including phenoxy) is 2. The van der Waals surface area contributed by atoms with Crippen LogP contribution in [0.25, 0.3) is 11.0 Å². The number of aromatic nitrogens is 3. The minimum absolute atomic E-state index is 0.108. The van der Waals surface area contributed by atoms with Crippen molar-refractivity contribution in [1.29, 1.82) is 0 Å². The van der Waals surface area contributed by atoms with Crippen molar-refractivity contribution < 1.29 is 14.3 Å². The Bertz CT molecular complexity index is 816. The van der Waals surface area contributed by atoms with Gasteiger partial charge in [0.15, 0.2) is 5.82 Å². The first-order valence-corrected chi connectivity index (χ1v) is 9.06. The van der Waals surface area contributed by atoms with Crippen LogP contribution in [0.2, 0.25) is 0 Å². The number of carbonyl (C=O) groups is 1. The zero-order valence-corrected chi connectivity index (χ0v) is 14.3. The SMILES string of the molecule is O=C(N[C@@H]1COCC[C@@H]1OCc1cscn1)c1nc2ccccc2[nH]1. The number of nitrogens with one attached hydrogen (secondary N) is 2. The second kappa shape index (κ2) is 7.30. The van der Waals surface area contributed by atoms with Crippen LogP contribution < -0.4 is 5.32 Å². The van der Waals surface area contributed by atoms with Crippen LogP contribution in [0.5, 0.6) is 0 Å². The van der Waals surface area contributed by atoms with Crippen LogP contribution in [0.15, 0.2) is 35.2 Å². The monoisotopic (exact) mass is 358 g/mol. The van der Waals surface area contributed by atoms with Gasteiger partial charge in [-0.3, -0.25) is 4.79 Å². The van der Waals surface area contributed by atoms with E-state index in [-0.39, 0.29) is 18.1 Å². The molecule has 1 aliphatic heterocycles. The Morgan fingerprint density at radius 2 is 2.36 bits per heavy atom. The quantitative estimate of drug-likeness (QED) is 0.729. The molecule has 0 unspecified atom stereocenters. The molecule has 3 aromatic rings. The van der Waals surface area contributed by atoms with E-state index in [2.05, 4.69) is 20.3 Å². The number of hydrogen-bond donors (Lipinski definition) is 2. The molecule has 2 atom stereocenters. The average molecular weight is 358 g/mol. The summed E-state index contributed by atoms with van der Waals surface area (Å²) in [6, 6.07) is 7.34. The topological polar surface area (TPSA) is 89.1 Å². The van der Waals surface area contributed by atoms with Gasteiger partial charge in [-0.1, -0.05) is 12.1 Å². The zero-order valence-electron chi connectivity index (χ0n) is 13.5. The summed E-state index contributed by atoms with van der Waals surface area (Å²) in [6.45, 7) is 1.48. The van der Waals surface area contributed by atoms with E-state index in [0.717, 1.165) is 23.1 Å². The number of imidazole rings is 1. The van der Waals surface area contributed by atoms with Gasteiger partial charge in [-0.05, 0) is 18.6 Å². The summed E-state index contributed by atoms with van der Waals surface area (Å²) in [7, 11) is 0. The van der Waals surface area contributed by atoms with E-state index in [1.54, 1.807) is 5.51 Å². The molecule has 0 aliphatic carbocycles. The van der Waals surface area contributed by atoms with Crippen LogP contribution in [-0.4, -0.2) is 46.2 Å². The summed E-state index contributed by atoms with van der Waals surface area (Å²) in [5, 5.41) is 4.94. The van der Waals surface area contributed by atoms with E-state index in [0.29, 0.717) is 25.6 Å². The zero-order chi connectivity index (χ0) is 17.1. The second-order valence-corrected chi connectivity index (χ2v) is 6.59. The molecule has 2 aromatic heterocycles. The molecule has 25 heavy (non-hydrogen) atoms. The first kappa shape index (κ1) is 16.2. The average Bonchev–Trinajstić information content (AvgIpc) is 3.30. The van der Waals surface area contributed by atoms with Gasteiger partial charge in [-0.25, -0.2) is 9.97 Å². The largest absolute Gasteiger partial charge is 0.379 e. The molecule has 0 radical (unpaired) electrons. The third-order valence-corrected chi connectivity index (χ3v) is 4.78. The van der Waals surface area contributed by atoms with E-state index >= 15 is 0 Å². The molecule has 7 nitrogen and oxygen atoms in total. The molecule has 0 spiro atoms. The Balaban J connectivity index is 1.42. The smallest absolute Gasteiger partial charge is 0.287 e.